The summed E-state index contributed by atoms with van der Waals surface area (Å²) in [5.74, 6) is 0.147. The van der Waals surface area contributed by atoms with Crippen LogP contribution in [0.4, 0.5) is 5.69 Å². The van der Waals surface area contributed by atoms with E-state index < -0.39 is 5.91 Å². The molecular weight excluding hydrogens is 487 g/mol. The highest BCUT2D eigenvalue weighted by Gasteiger charge is 2.19. The molecule has 30 heavy (non-hydrogen) atoms. The van der Waals surface area contributed by atoms with Crippen molar-refractivity contribution in [1.29, 1.82) is 0 Å². The average Bonchev–Trinajstić information content (AvgIpc) is 3.16. The van der Waals surface area contributed by atoms with Crippen LogP contribution in [0.2, 0.25) is 10.0 Å². The number of carbonyl (C=O) groups is 1. The van der Waals surface area contributed by atoms with Gasteiger partial charge in [0.05, 0.1) is 15.7 Å². The van der Waals surface area contributed by atoms with Gasteiger partial charge >= 0.3 is 0 Å². The lowest BCUT2D eigenvalue weighted by molar-refractivity contribution is 0.101. The molecule has 1 amide bonds. The van der Waals surface area contributed by atoms with Crippen LogP contribution in [0.25, 0.3) is 17.1 Å². The van der Waals surface area contributed by atoms with Gasteiger partial charge < -0.3 is 5.32 Å². The maximum atomic E-state index is 12.8. The summed E-state index contributed by atoms with van der Waals surface area (Å²) < 4.78 is 2.51. The number of nitrogens with zero attached hydrogens (tertiary/aromatic N) is 3. The largest absolute Gasteiger partial charge is 0.319 e. The van der Waals surface area contributed by atoms with Crippen LogP contribution in [0.1, 0.15) is 16.2 Å². The number of amides is 1. The first-order valence-electron chi connectivity index (χ1n) is 8.97. The topological polar surface area (TPSA) is 59.8 Å². The van der Waals surface area contributed by atoms with Gasteiger partial charge in [0.2, 0.25) is 5.82 Å². The zero-order chi connectivity index (χ0) is 21.3. The van der Waals surface area contributed by atoms with E-state index >= 15 is 0 Å². The fourth-order valence-electron chi connectivity index (χ4n) is 2.90. The van der Waals surface area contributed by atoms with Crippen LogP contribution in [0.15, 0.2) is 71.2 Å². The Morgan fingerprint density at radius 2 is 1.77 bits per heavy atom. The predicted octanol–water partition coefficient (Wildman–Crippen LogP) is 6.56. The first kappa shape index (κ1) is 20.6. The fraction of sp³-hybridized carbons (Fsp3) is 0.0455. The van der Waals surface area contributed by atoms with Crippen molar-refractivity contribution in [2.24, 2.45) is 0 Å². The van der Waals surface area contributed by atoms with Crippen LogP contribution in [0, 0.1) is 6.92 Å². The van der Waals surface area contributed by atoms with E-state index in [4.69, 9.17) is 23.2 Å². The predicted molar refractivity (Wildman–Crippen MR) is 124 cm³/mol. The van der Waals surface area contributed by atoms with Gasteiger partial charge in [-0.05, 0) is 55.0 Å². The minimum absolute atomic E-state index is 0.0421. The zero-order valence-electron chi connectivity index (χ0n) is 15.7. The van der Waals surface area contributed by atoms with E-state index in [0.717, 1.165) is 15.6 Å². The smallest absolute Gasteiger partial charge is 0.295 e. The molecule has 0 spiro atoms. The van der Waals surface area contributed by atoms with E-state index in [1.54, 1.807) is 22.9 Å². The van der Waals surface area contributed by atoms with Crippen LogP contribution in [0.3, 0.4) is 0 Å². The lowest BCUT2D eigenvalue weighted by atomic mass is 10.2. The molecule has 0 unspecified atom stereocenters. The molecule has 0 saturated heterocycles. The quantitative estimate of drug-likeness (QED) is 0.344. The van der Waals surface area contributed by atoms with Crippen LogP contribution in [-0.2, 0) is 0 Å². The number of aryl methyl sites for hydroxylation is 1. The van der Waals surface area contributed by atoms with E-state index in [1.807, 2.05) is 55.5 Å². The highest BCUT2D eigenvalue weighted by atomic mass is 79.9. The van der Waals surface area contributed by atoms with Gasteiger partial charge in [0, 0.05) is 15.7 Å². The summed E-state index contributed by atoms with van der Waals surface area (Å²) in [4.78, 5) is 17.3. The number of halogens is 3. The van der Waals surface area contributed by atoms with E-state index in [2.05, 4.69) is 31.3 Å². The van der Waals surface area contributed by atoms with E-state index in [1.165, 1.54) is 0 Å². The van der Waals surface area contributed by atoms with Gasteiger partial charge in [-0.3, -0.25) is 4.79 Å². The highest BCUT2D eigenvalue weighted by molar-refractivity contribution is 9.10. The Kier molecular flexibility index (Phi) is 5.90. The maximum absolute atomic E-state index is 12.8. The lowest BCUT2D eigenvalue weighted by Crippen LogP contribution is -2.14. The standard InChI is InChI=1S/C22H15BrCl2N4O/c1-13-3-2-4-16(11-13)26-22(30)20-27-21(14-5-7-15(23)8-6-14)29(28-20)17-9-10-18(24)19(25)12-17/h2-12H,1H3,(H,26,30). The summed E-state index contributed by atoms with van der Waals surface area (Å²) >= 11 is 15.7. The normalized spacial score (nSPS) is 10.8. The van der Waals surface area contributed by atoms with Gasteiger partial charge in [0.1, 0.15) is 0 Å². The molecule has 0 radical (unpaired) electrons. The van der Waals surface area contributed by atoms with Gasteiger partial charge in [-0.2, -0.15) is 0 Å². The number of anilines is 1. The molecule has 0 atom stereocenters. The highest BCUT2D eigenvalue weighted by Crippen LogP contribution is 2.28. The minimum atomic E-state index is -0.405. The number of hydrogen-bond donors (Lipinski definition) is 1. The minimum Gasteiger partial charge on any atom is -0.319 e. The van der Waals surface area contributed by atoms with Crippen LogP contribution in [0.5, 0.6) is 0 Å². The number of hydrogen-bond acceptors (Lipinski definition) is 3. The van der Waals surface area contributed by atoms with Crippen molar-refractivity contribution in [2.45, 2.75) is 6.92 Å². The summed E-state index contributed by atoms with van der Waals surface area (Å²) in [5.41, 5.74) is 3.16. The number of rotatable bonds is 4. The van der Waals surface area contributed by atoms with Crippen molar-refractivity contribution in [1.82, 2.24) is 14.8 Å². The van der Waals surface area contributed by atoms with Gasteiger partial charge in [0.15, 0.2) is 5.82 Å². The molecule has 0 aliphatic heterocycles. The first-order valence-corrected chi connectivity index (χ1v) is 10.5. The molecule has 0 saturated carbocycles. The third kappa shape index (κ3) is 4.41. The second kappa shape index (κ2) is 8.60. The fourth-order valence-corrected chi connectivity index (χ4v) is 3.46. The Balaban J connectivity index is 1.77. The van der Waals surface area contributed by atoms with Crippen molar-refractivity contribution in [3.05, 3.63) is 92.6 Å². The monoisotopic (exact) mass is 500 g/mol. The molecule has 1 heterocycles. The summed E-state index contributed by atoms with van der Waals surface area (Å²) in [6, 6.07) is 20.2. The molecule has 1 aromatic heterocycles. The van der Waals surface area contributed by atoms with Crippen LogP contribution >= 0.6 is 39.1 Å². The number of nitrogens with one attached hydrogen (secondary N) is 1. The molecule has 8 heteroatoms. The molecule has 4 rings (SSSR count). The number of benzene rings is 3. The summed E-state index contributed by atoms with van der Waals surface area (Å²) in [6.45, 7) is 1.96. The molecule has 1 N–H and O–H groups in total. The molecule has 150 valence electrons. The second-order valence-corrected chi connectivity index (χ2v) is 8.33. The Morgan fingerprint density at radius 1 is 1.00 bits per heavy atom. The molecule has 3 aromatic carbocycles. The Labute approximate surface area is 191 Å². The molecule has 0 fully saturated rings. The number of aromatic nitrogens is 3. The third-order valence-electron chi connectivity index (χ3n) is 4.34. The lowest BCUT2D eigenvalue weighted by Gasteiger charge is -2.07. The SMILES string of the molecule is Cc1cccc(NC(=O)c2nc(-c3ccc(Br)cc3)n(-c3ccc(Cl)c(Cl)c3)n2)c1. The third-order valence-corrected chi connectivity index (χ3v) is 5.60. The van der Waals surface area contributed by atoms with Crippen molar-refractivity contribution in [2.75, 3.05) is 5.32 Å². The molecule has 5 nitrogen and oxygen atoms in total. The maximum Gasteiger partial charge on any atom is 0.295 e. The summed E-state index contributed by atoms with van der Waals surface area (Å²) in [6.07, 6.45) is 0. The number of carbonyl (C=O) groups excluding carboxylic acids is 1. The molecule has 0 bridgehead atoms. The molecule has 4 aromatic rings. The van der Waals surface area contributed by atoms with Gasteiger partial charge in [-0.15, -0.1) is 5.10 Å². The van der Waals surface area contributed by atoms with Crippen molar-refractivity contribution in [3.63, 3.8) is 0 Å². The van der Waals surface area contributed by atoms with Gasteiger partial charge in [-0.25, -0.2) is 9.67 Å². The van der Waals surface area contributed by atoms with Crippen molar-refractivity contribution >= 4 is 50.7 Å². The van der Waals surface area contributed by atoms with E-state index in [-0.39, 0.29) is 5.82 Å². The average molecular weight is 502 g/mol. The Morgan fingerprint density at radius 3 is 2.47 bits per heavy atom. The Hall–Kier alpha value is -2.67. The Bertz CT molecular complexity index is 1240. The van der Waals surface area contributed by atoms with Crippen LogP contribution in [-0.4, -0.2) is 20.7 Å². The summed E-state index contributed by atoms with van der Waals surface area (Å²) in [7, 11) is 0. The van der Waals surface area contributed by atoms with E-state index in [0.29, 0.717) is 27.2 Å². The van der Waals surface area contributed by atoms with Gasteiger partial charge in [0.25, 0.3) is 5.91 Å². The van der Waals surface area contributed by atoms with Crippen molar-refractivity contribution in [3.8, 4) is 17.1 Å². The van der Waals surface area contributed by atoms with Crippen LogP contribution < -0.4 is 5.32 Å². The molecule has 0 aliphatic rings. The van der Waals surface area contributed by atoms with Gasteiger partial charge in [-0.1, -0.05) is 63.4 Å². The molecular formula is C22H15BrCl2N4O. The summed E-state index contributed by atoms with van der Waals surface area (Å²) in [5, 5.41) is 8.11. The molecule has 0 aliphatic carbocycles. The second-order valence-electron chi connectivity index (χ2n) is 6.60. The van der Waals surface area contributed by atoms with Crippen molar-refractivity contribution < 1.29 is 4.79 Å². The first-order chi connectivity index (χ1) is 14.4. The van der Waals surface area contributed by atoms with E-state index in [9.17, 15) is 4.79 Å². The zero-order valence-corrected chi connectivity index (χ0v) is 18.8.